The summed E-state index contributed by atoms with van der Waals surface area (Å²) in [6, 6.07) is -1.90. The van der Waals surface area contributed by atoms with Crippen molar-refractivity contribution in [3.8, 4) is 0 Å². The highest BCUT2D eigenvalue weighted by molar-refractivity contribution is 5.90. The van der Waals surface area contributed by atoms with Crippen LogP contribution in [0.1, 0.15) is 69.1 Å². The van der Waals surface area contributed by atoms with Crippen molar-refractivity contribution in [2.75, 3.05) is 98.2 Å². The molecule has 0 spiro atoms. The molecule has 0 saturated carbocycles. The summed E-state index contributed by atoms with van der Waals surface area (Å²) in [6.07, 6.45) is 5.94. The first-order chi connectivity index (χ1) is 43.0. The number of carbonyl (C=O) groups excluding carboxylic acids is 7. The highest BCUT2D eigenvalue weighted by atomic mass is 16.2. The Balaban J connectivity index is 1.84. The number of ketones is 1. The zero-order valence-electron chi connectivity index (χ0n) is 52.2. The number of guanidine groups is 3. The minimum atomic E-state index is -1.27. The Labute approximate surface area is 522 Å². The fourth-order valence-corrected chi connectivity index (χ4v) is 9.05. The van der Waals surface area contributed by atoms with E-state index in [0.717, 1.165) is 23.5 Å². The molecule has 0 fully saturated rings. The van der Waals surface area contributed by atoms with Gasteiger partial charge in [-0.05, 0) is 66.2 Å². The maximum Gasteiger partial charge on any atom is 0.328 e. The number of rotatable bonds is 42. The van der Waals surface area contributed by atoms with Gasteiger partial charge >= 0.3 is 17.1 Å². The van der Waals surface area contributed by atoms with E-state index in [-0.39, 0.29) is 144 Å². The van der Waals surface area contributed by atoms with E-state index in [2.05, 4.69) is 61.8 Å². The number of hydrogen-bond acceptors (Lipinski definition) is 19. The number of carbonyl (C=O) groups is 7. The lowest BCUT2D eigenvalue weighted by Gasteiger charge is -2.27. The minimum absolute atomic E-state index is 0.0281. The van der Waals surface area contributed by atoms with Gasteiger partial charge in [0.05, 0.1) is 13.1 Å². The fraction of sp³-hybridized carbons (Fsp3) is 0.593. The van der Waals surface area contributed by atoms with Crippen molar-refractivity contribution in [1.82, 2.24) is 75.3 Å². The molecule has 0 aliphatic heterocycles. The topological polar surface area (TPSA) is 559 Å². The number of nitrogens with one attached hydrogen (secondary N) is 9. The molecule has 0 saturated heterocycles. The van der Waals surface area contributed by atoms with E-state index in [1.807, 2.05) is 0 Å². The minimum Gasteiger partial charge on any atom is -0.370 e. The van der Waals surface area contributed by atoms with E-state index in [1.165, 1.54) is 58.1 Å². The Morgan fingerprint density at radius 3 is 1.33 bits per heavy atom. The molecular weight excluding hydrogens is 1190 g/mol. The van der Waals surface area contributed by atoms with E-state index < -0.39 is 101 Å². The molecule has 37 heteroatoms. The van der Waals surface area contributed by atoms with Gasteiger partial charge in [-0.2, -0.15) is 0 Å². The zero-order chi connectivity index (χ0) is 67.7. The quantitative estimate of drug-likeness (QED) is 0.0142. The summed E-state index contributed by atoms with van der Waals surface area (Å²) in [5, 5.41) is 18.2. The maximum absolute atomic E-state index is 14.1. The molecule has 6 amide bonds. The van der Waals surface area contributed by atoms with Crippen LogP contribution in [-0.2, 0) is 53.2 Å². The van der Waals surface area contributed by atoms with Crippen LogP contribution in [0, 0.1) is 20.8 Å². The van der Waals surface area contributed by atoms with Crippen LogP contribution in [0.4, 0.5) is 0 Å². The standard InChI is InChI=1S/C54H90N24O13/c1-33-25-76(52(89)70-45(33)85)30-42(82)73(19-15-62-24-39(68-37(5)80)10-7-13-66-50(57)58)21-17-63-38(9-6-12-65-49(55)56)23-61-16-20-75(44(84)32-78-27-35(3)47(87)72-54(78)91)29-41(81)69-40(11-8-14-67-51(59)60)48(88)64-18-22-74(28-36(4)79)43(83)31-77-26-34(2)46(86)71-53(77)90/h25-27,38-40,61-63H,6-24,28-32H2,1-5H3,(H,64,88)(H,68,80)(H,69,81)(H4,55,56,65)(H4,57,58,66)(H4,59,60,67)(H,70,85,89)(H,71,86,90)(H,72,87,91)/t38-,39-,40-/m0/s1. The lowest BCUT2D eigenvalue weighted by Crippen LogP contribution is -2.52. The van der Waals surface area contributed by atoms with Gasteiger partial charge < -0.3 is 81.0 Å². The van der Waals surface area contributed by atoms with Crippen LogP contribution >= 0.6 is 0 Å². The van der Waals surface area contributed by atoms with Crippen LogP contribution in [0.5, 0.6) is 0 Å². The van der Waals surface area contributed by atoms with E-state index in [9.17, 15) is 62.3 Å². The summed E-state index contributed by atoms with van der Waals surface area (Å²) in [5.41, 5.74) is 29.2. The van der Waals surface area contributed by atoms with Gasteiger partial charge in [-0.3, -0.25) is 91.6 Å². The van der Waals surface area contributed by atoms with Gasteiger partial charge in [0.15, 0.2) is 17.9 Å². The summed E-state index contributed by atoms with van der Waals surface area (Å²) in [4.78, 5) is 190. The van der Waals surface area contributed by atoms with Crippen molar-refractivity contribution < 1.29 is 33.6 Å². The molecule has 3 atom stereocenters. The molecule has 0 aliphatic carbocycles. The van der Waals surface area contributed by atoms with E-state index >= 15 is 0 Å². The molecule has 3 aromatic heterocycles. The Morgan fingerprint density at radius 2 is 0.890 bits per heavy atom. The second-order valence-corrected chi connectivity index (χ2v) is 21.5. The van der Waals surface area contributed by atoms with Gasteiger partial charge in [0.25, 0.3) is 16.7 Å². The molecule has 504 valence electrons. The Kier molecular flexibility index (Phi) is 32.6. The van der Waals surface area contributed by atoms with Crippen molar-refractivity contribution in [2.45, 2.75) is 111 Å². The van der Waals surface area contributed by atoms with Crippen LogP contribution in [-0.4, -0.2) is 219 Å². The first-order valence-corrected chi connectivity index (χ1v) is 29.4. The molecule has 0 bridgehead atoms. The molecule has 21 N–H and O–H groups in total. The van der Waals surface area contributed by atoms with E-state index in [0.29, 0.717) is 38.8 Å². The highest BCUT2D eigenvalue weighted by Gasteiger charge is 2.26. The molecular formula is C54H90N24O13. The number of aryl methyl sites for hydroxylation is 3. The molecule has 91 heavy (non-hydrogen) atoms. The Bertz CT molecular complexity index is 3410. The normalized spacial score (nSPS) is 11.9. The average Bonchev–Trinajstić information content (AvgIpc) is 1.16. The third kappa shape index (κ3) is 29.4. The molecule has 3 rings (SSSR count). The third-order valence-corrected chi connectivity index (χ3v) is 13.7. The van der Waals surface area contributed by atoms with Gasteiger partial charge in [-0.15, -0.1) is 0 Å². The van der Waals surface area contributed by atoms with Gasteiger partial charge in [0.1, 0.15) is 31.5 Å². The average molecular weight is 1280 g/mol. The predicted molar refractivity (Wildman–Crippen MR) is 338 cm³/mol. The molecule has 0 aliphatic rings. The predicted octanol–water partition coefficient (Wildman–Crippen LogP) is -8.96. The summed E-state index contributed by atoms with van der Waals surface area (Å²) >= 11 is 0. The van der Waals surface area contributed by atoms with E-state index in [4.69, 9.17) is 34.4 Å². The van der Waals surface area contributed by atoms with Crippen LogP contribution in [0.25, 0.3) is 0 Å². The number of hydrogen-bond donors (Lipinski definition) is 15. The number of nitrogens with zero attached hydrogens (tertiary/aromatic N) is 9. The maximum atomic E-state index is 14.1. The smallest absolute Gasteiger partial charge is 0.328 e. The number of Topliss-reactive ketones (excluding diaryl/α,β-unsaturated/α-hetero) is 1. The van der Waals surface area contributed by atoms with Crippen molar-refractivity contribution in [2.24, 2.45) is 49.4 Å². The van der Waals surface area contributed by atoms with Gasteiger partial charge in [-0.1, -0.05) is 0 Å². The van der Waals surface area contributed by atoms with E-state index in [1.54, 1.807) is 0 Å². The third-order valence-electron chi connectivity index (χ3n) is 13.7. The van der Waals surface area contributed by atoms with Crippen molar-refractivity contribution in [1.29, 1.82) is 0 Å². The van der Waals surface area contributed by atoms with Crippen LogP contribution in [0.2, 0.25) is 0 Å². The monoisotopic (exact) mass is 1280 g/mol. The summed E-state index contributed by atoms with van der Waals surface area (Å²) in [6.45, 7) is 5.97. The number of nitrogens with two attached hydrogens (primary N) is 6. The van der Waals surface area contributed by atoms with Gasteiger partial charge in [0.2, 0.25) is 35.4 Å². The molecule has 0 aromatic carbocycles. The zero-order valence-corrected chi connectivity index (χ0v) is 52.2. The van der Waals surface area contributed by atoms with Crippen molar-refractivity contribution in [3.05, 3.63) is 97.8 Å². The second kappa shape index (κ2) is 39.3. The number of aliphatic imine (C=N–C) groups is 3. The number of aromatic amines is 3. The summed E-state index contributed by atoms with van der Waals surface area (Å²) in [5.74, 6) is -4.42. The number of amides is 6. The summed E-state index contributed by atoms with van der Waals surface area (Å²) < 4.78 is 3.05. The SMILES string of the molecule is CC(=O)CN(CCNC(=O)[C@H](CCCN=C(N)N)NC(=O)CN(CCNC[C@H](CCCN=C(N)N)NCCN(CCNC[C@H](CCCN=C(N)N)NC(C)=O)C(=O)Cn1cc(C)c(=O)[nH]c1=O)C(=O)Cn1cc(C)c(=O)[nH]c1=O)C(=O)Cn1cc(C)c(=O)[nH]c1=O. The van der Waals surface area contributed by atoms with Crippen LogP contribution < -0.4 is 100 Å². The Morgan fingerprint density at radius 1 is 0.505 bits per heavy atom. The van der Waals surface area contributed by atoms with Crippen molar-refractivity contribution >= 4 is 59.1 Å². The fourth-order valence-electron chi connectivity index (χ4n) is 9.05. The van der Waals surface area contributed by atoms with Gasteiger partial charge in [0, 0.05) is 139 Å². The first-order valence-electron chi connectivity index (χ1n) is 29.4. The van der Waals surface area contributed by atoms with Crippen molar-refractivity contribution in [3.63, 3.8) is 0 Å². The second-order valence-electron chi connectivity index (χ2n) is 21.5. The first kappa shape index (κ1) is 75.5. The molecule has 3 heterocycles. The molecule has 0 radical (unpaired) electrons. The number of H-pyrrole nitrogens is 3. The number of aromatic nitrogens is 6. The molecule has 3 aromatic rings. The molecule has 0 unspecified atom stereocenters. The largest absolute Gasteiger partial charge is 0.370 e. The van der Waals surface area contributed by atoms with Crippen LogP contribution in [0.3, 0.4) is 0 Å². The molecule has 37 nitrogen and oxygen atoms in total. The lowest BCUT2D eigenvalue weighted by molar-refractivity contribution is -0.137. The Hall–Kier alpha value is -9.78. The van der Waals surface area contributed by atoms with Gasteiger partial charge in [-0.25, -0.2) is 14.4 Å². The highest BCUT2D eigenvalue weighted by Crippen LogP contribution is 2.05. The summed E-state index contributed by atoms with van der Waals surface area (Å²) in [7, 11) is 0. The lowest BCUT2D eigenvalue weighted by atomic mass is 10.1. The van der Waals surface area contributed by atoms with Crippen LogP contribution in [0.15, 0.2) is 62.3 Å².